The van der Waals surface area contributed by atoms with E-state index in [9.17, 15) is 9.90 Å². The molecule has 0 aliphatic rings. The molecule has 4 nitrogen and oxygen atoms in total. The fraction of sp³-hybridized carbons (Fsp3) is 0.417. The number of rotatable bonds is 5. The Kier molecular flexibility index (Phi) is 5.88. The molecule has 0 bridgehead atoms. The van der Waals surface area contributed by atoms with Crippen molar-refractivity contribution in [2.75, 3.05) is 27.3 Å². The number of aliphatic hydroxyl groups is 1. The summed E-state index contributed by atoms with van der Waals surface area (Å²) in [7, 11) is 3.08. The first-order valence-corrected chi connectivity index (χ1v) is 6.08. The number of ether oxygens (including phenoxy) is 1. The molecule has 18 heavy (non-hydrogen) atoms. The molecule has 0 fully saturated rings. The maximum absolute atomic E-state index is 12.1. The second-order valence-electron chi connectivity index (χ2n) is 3.92. The third-order valence-corrected chi connectivity index (χ3v) is 2.90. The molecule has 1 unspecified atom stereocenters. The van der Waals surface area contributed by atoms with Crippen molar-refractivity contribution >= 4 is 29.1 Å². The van der Waals surface area contributed by atoms with Crippen LogP contribution in [0, 0.1) is 0 Å². The van der Waals surface area contributed by atoms with Crippen LogP contribution in [0.25, 0.3) is 0 Å². The molecular weight excluding hydrogens is 277 g/mol. The quantitative estimate of drug-likeness (QED) is 0.904. The number of benzene rings is 1. The maximum Gasteiger partial charge on any atom is 0.255 e. The summed E-state index contributed by atoms with van der Waals surface area (Å²) in [5.74, 6) is -0.271. The molecule has 0 aromatic heterocycles. The normalized spacial score (nSPS) is 12.3. The van der Waals surface area contributed by atoms with Gasteiger partial charge in [0.1, 0.15) is 0 Å². The van der Waals surface area contributed by atoms with Crippen LogP contribution in [0.3, 0.4) is 0 Å². The predicted octanol–water partition coefficient (Wildman–Crippen LogP) is 2.07. The summed E-state index contributed by atoms with van der Waals surface area (Å²) in [6.45, 7) is 0.345. The van der Waals surface area contributed by atoms with Gasteiger partial charge >= 0.3 is 0 Å². The zero-order chi connectivity index (χ0) is 13.7. The van der Waals surface area contributed by atoms with Crippen molar-refractivity contribution in [3.05, 3.63) is 33.8 Å². The summed E-state index contributed by atoms with van der Waals surface area (Å²) in [6, 6.07) is 4.67. The number of carbonyl (C=O) groups is 1. The molecular formula is C12H15Cl2NO3. The van der Waals surface area contributed by atoms with E-state index in [1.807, 2.05) is 0 Å². The van der Waals surface area contributed by atoms with Gasteiger partial charge in [0, 0.05) is 25.7 Å². The molecule has 0 saturated heterocycles. The highest BCUT2D eigenvalue weighted by atomic mass is 35.5. The molecule has 0 radical (unpaired) electrons. The first-order valence-electron chi connectivity index (χ1n) is 5.33. The van der Waals surface area contributed by atoms with Crippen molar-refractivity contribution < 1.29 is 14.6 Å². The van der Waals surface area contributed by atoms with Crippen LogP contribution < -0.4 is 0 Å². The van der Waals surface area contributed by atoms with Crippen molar-refractivity contribution in [3.63, 3.8) is 0 Å². The van der Waals surface area contributed by atoms with Crippen molar-refractivity contribution in [1.29, 1.82) is 0 Å². The molecule has 0 heterocycles. The highest BCUT2D eigenvalue weighted by Crippen LogP contribution is 2.22. The van der Waals surface area contributed by atoms with Gasteiger partial charge in [-0.2, -0.15) is 0 Å². The lowest BCUT2D eigenvalue weighted by molar-refractivity contribution is 0.0380. The van der Waals surface area contributed by atoms with Crippen LogP contribution in [0.2, 0.25) is 10.0 Å². The van der Waals surface area contributed by atoms with Crippen molar-refractivity contribution in [3.8, 4) is 0 Å². The highest BCUT2D eigenvalue weighted by Gasteiger charge is 2.17. The molecule has 6 heteroatoms. The van der Waals surface area contributed by atoms with Gasteiger partial charge in [-0.25, -0.2) is 0 Å². The largest absolute Gasteiger partial charge is 0.389 e. The molecule has 1 rings (SSSR count). The number of amides is 1. The fourth-order valence-corrected chi connectivity index (χ4v) is 2.00. The van der Waals surface area contributed by atoms with Gasteiger partial charge in [-0.1, -0.05) is 23.2 Å². The van der Waals surface area contributed by atoms with Crippen LogP contribution in [-0.4, -0.2) is 49.3 Å². The molecule has 0 saturated carbocycles. The van der Waals surface area contributed by atoms with E-state index >= 15 is 0 Å². The standard InChI is InChI=1S/C12H15Cl2NO3/c1-15(6-9(16)7-18-2)12(17)10-4-3-8(13)5-11(10)14/h3-5,9,16H,6-7H2,1-2H3. The molecule has 1 atom stereocenters. The first kappa shape index (κ1) is 15.2. The van der Waals surface area contributed by atoms with E-state index in [2.05, 4.69) is 0 Å². The second kappa shape index (κ2) is 6.95. The molecule has 1 aromatic carbocycles. The lowest BCUT2D eigenvalue weighted by Gasteiger charge is -2.21. The third kappa shape index (κ3) is 4.14. The van der Waals surface area contributed by atoms with Crippen LogP contribution in [0.15, 0.2) is 18.2 Å². The summed E-state index contributed by atoms with van der Waals surface area (Å²) in [4.78, 5) is 13.5. The van der Waals surface area contributed by atoms with Crippen molar-refractivity contribution in [2.45, 2.75) is 6.10 Å². The molecule has 1 N–H and O–H groups in total. The summed E-state index contributed by atoms with van der Waals surface area (Å²) in [5, 5.41) is 10.3. The highest BCUT2D eigenvalue weighted by molar-refractivity contribution is 6.36. The minimum absolute atomic E-state index is 0.172. The van der Waals surface area contributed by atoms with Crippen LogP contribution >= 0.6 is 23.2 Å². The Morgan fingerprint density at radius 3 is 2.72 bits per heavy atom. The fourth-order valence-electron chi connectivity index (χ4n) is 1.51. The minimum Gasteiger partial charge on any atom is -0.389 e. The Morgan fingerprint density at radius 1 is 1.50 bits per heavy atom. The van der Waals surface area contributed by atoms with E-state index in [4.69, 9.17) is 27.9 Å². The average Bonchev–Trinajstić information content (AvgIpc) is 2.28. The van der Waals surface area contributed by atoms with Crippen LogP contribution in [0.1, 0.15) is 10.4 Å². The third-order valence-electron chi connectivity index (χ3n) is 2.35. The van der Waals surface area contributed by atoms with Crippen LogP contribution in [0.5, 0.6) is 0 Å². The summed E-state index contributed by atoms with van der Waals surface area (Å²) in [6.07, 6.45) is -0.727. The SMILES string of the molecule is COCC(O)CN(C)C(=O)c1ccc(Cl)cc1Cl. The van der Waals surface area contributed by atoms with Gasteiger partial charge in [0.25, 0.3) is 5.91 Å². The molecule has 0 spiro atoms. The summed E-state index contributed by atoms with van der Waals surface area (Å²) >= 11 is 11.7. The van der Waals surface area contributed by atoms with Crippen LogP contribution in [-0.2, 0) is 4.74 Å². The monoisotopic (exact) mass is 291 g/mol. The Balaban J connectivity index is 2.74. The van der Waals surface area contributed by atoms with Gasteiger partial charge in [0.2, 0.25) is 0 Å². The Labute approximate surface area is 116 Å². The van der Waals surface area contributed by atoms with Gasteiger partial charge in [-0.15, -0.1) is 0 Å². The summed E-state index contributed by atoms with van der Waals surface area (Å²) in [5.41, 5.74) is 0.355. The molecule has 0 aliphatic carbocycles. The minimum atomic E-state index is -0.727. The Hall–Kier alpha value is -0.810. The molecule has 1 aromatic rings. The van der Waals surface area contributed by atoms with Gasteiger partial charge in [-0.05, 0) is 18.2 Å². The van der Waals surface area contributed by atoms with E-state index < -0.39 is 6.10 Å². The number of likely N-dealkylation sites (N-methyl/N-ethyl adjacent to an activating group) is 1. The van der Waals surface area contributed by atoms with Gasteiger partial charge in [-0.3, -0.25) is 4.79 Å². The van der Waals surface area contributed by atoms with Crippen LogP contribution in [0.4, 0.5) is 0 Å². The lowest BCUT2D eigenvalue weighted by Crippen LogP contribution is -2.36. The predicted molar refractivity (Wildman–Crippen MR) is 71.3 cm³/mol. The number of methoxy groups -OCH3 is 1. The van der Waals surface area contributed by atoms with E-state index in [0.717, 1.165) is 0 Å². The second-order valence-corrected chi connectivity index (χ2v) is 4.76. The molecule has 0 aliphatic heterocycles. The zero-order valence-electron chi connectivity index (χ0n) is 10.2. The number of aliphatic hydroxyl groups excluding tert-OH is 1. The van der Waals surface area contributed by atoms with Gasteiger partial charge < -0.3 is 14.7 Å². The number of halogens is 2. The van der Waals surface area contributed by atoms with E-state index in [0.29, 0.717) is 15.6 Å². The first-order chi connectivity index (χ1) is 8.45. The average molecular weight is 292 g/mol. The van der Waals surface area contributed by atoms with E-state index in [1.54, 1.807) is 19.2 Å². The zero-order valence-corrected chi connectivity index (χ0v) is 11.7. The topological polar surface area (TPSA) is 49.8 Å². The Bertz CT molecular complexity index is 426. The number of nitrogens with zero attached hydrogens (tertiary/aromatic N) is 1. The number of hydrogen-bond acceptors (Lipinski definition) is 3. The number of carbonyl (C=O) groups excluding carboxylic acids is 1. The molecule has 100 valence electrons. The molecule has 1 amide bonds. The maximum atomic E-state index is 12.1. The van der Waals surface area contributed by atoms with Gasteiger partial charge in [0.05, 0.1) is 23.3 Å². The summed E-state index contributed by atoms with van der Waals surface area (Å²) < 4.78 is 4.80. The smallest absolute Gasteiger partial charge is 0.255 e. The van der Waals surface area contributed by atoms with Crippen molar-refractivity contribution in [1.82, 2.24) is 4.90 Å². The number of hydrogen-bond donors (Lipinski definition) is 1. The van der Waals surface area contributed by atoms with Crippen molar-refractivity contribution in [2.24, 2.45) is 0 Å². The van der Waals surface area contributed by atoms with Gasteiger partial charge in [0.15, 0.2) is 0 Å². The van der Waals surface area contributed by atoms with E-state index in [1.165, 1.54) is 18.1 Å². The van der Waals surface area contributed by atoms with E-state index in [-0.39, 0.29) is 19.1 Å². The Morgan fingerprint density at radius 2 is 2.17 bits per heavy atom. The lowest BCUT2D eigenvalue weighted by atomic mass is 10.2.